The van der Waals surface area contributed by atoms with E-state index < -0.39 is 0 Å². The molecule has 0 N–H and O–H groups in total. The van der Waals surface area contributed by atoms with Crippen LogP contribution in [0, 0.1) is 11.3 Å². The number of nitrogens with zero attached hydrogens (tertiary/aromatic N) is 4. The highest BCUT2D eigenvalue weighted by atomic mass is 35.5. The molecule has 0 aliphatic rings. The minimum absolute atomic E-state index is 0.387. The largest absolute Gasteiger partial charge is 0.327 e. The fourth-order valence-corrected chi connectivity index (χ4v) is 2.83. The summed E-state index contributed by atoms with van der Waals surface area (Å²) < 4.78 is 1.92. The van der Waals surface area contributed by atoms with Gasteiger partial charge in [-0.1, -0.05) is 55.8 Å². The van der Waals surface area contributed by atoms with Crippen LogP contribution in [0.5, 0.6) is 0 Å². The van der Waals surface area contributed by atoms with Crippen LogP contribution in [0.2, 0.25) is 5.15 Å². The summed E-state index contributed by atoms with van der Waals surface area (Å²) in [7, 11) is 1.91. The third-order valence-corrected chi connectivity index (χ3v) is 3.96. The van der Waals surface area contributed by atoms with Crippen LogP contribution in [0.3, 0.4) is 0 Å². The quantitative estimate of drug-likeness (QED) is 0.847. The molecule has 0 amide bonds. The number of rotatable bonds is 5. The zero-order chi connectivity index (χ0) is 15.4. The van der Waals surface area contributed by atoms with Gasteiger partial charge in [0.25, 0.3) is 0 Å². The predicted molar refractivity (Wildman–Crippen MR) is 84.9 cm³/mol. The second-order valence-corrected chi connectivity index (χ2v) is 5.15. The Morgan fingerprint density at radius 3 is 2.43 bits per heavy atom. The van der Waals surface area contributed by atoms with Crippen molar-refractivity contribution in [2.24, 2.45) is 7.05 Å². The molecular weight excluding hydrogens is 284 g/mol. The molecule has 0 saturated carbocycles. The lowest BCUT2D eigenvalue weighted by Crippen LogP contribution is -2.29. The number of hydrogen-bond acceptors (Lipinski definition) is 3. The van der Waals surface area contributed by atoms with Gasteiger partial charge in [-0.3, -0.25) is 4.90 Å². The fourth-order valence-electron chi connectivity index (χ4n) is 2.52. The molecule has 0 radical (unpaired) electrons. The third kappa shape index (κ3) is 2.94. The number of hydrogen-bond donors (Lipinski definition) is 0. The van der Waals surface area contributed by atoms with Gasteiger partial charge in [0.05, 0.1) is 11.8 Å². The van der Waals surface area contributed by atoms with E-state index in [9.17, 15) is 5.26 Å². The topological polar surface area (TPSA) is 44.9 Å². The van der Waals surface area contributed by atoms with Gasteiger partial charge in [-0.15, -0.1) is 0 Å². The molecule has 0 aliphatic carbocycles. The maximum Gasteiger partial charge on any atom is 0.153 e. The average molecular weight is 303 g/mol. The summed E-state index contributed by atoms with van der Waals surface area (Å²) in [4.78, 5) is 6.52. The molecule has 0 saturated heterocycles. The first-order chi connectivity index (χ1) is 10.1. The average Bonchev–Trinajstić information content (AvgIpc) is 2.81. The third-order valence-electron chi connectivity index (χ3n) is 3.69. The summed E-state index contributed by atoms with van der Waals surface area (Å²) in [6.45, 7) is 5.65. The van der Waals surface area contributed by atoms with Gasteiger partial charge in [0, 0.05) is 12.6 Å². The van der Waals surface area contributed by atoms with Crippen molar-refractivity contribution in [1.82, 2.24) is 14.5 Å². The van der Waals surface area contributed by atoms with E-state index in [1.165, 1.54) is 0 Å². The van der Waals surface area contributed by atoms with Gasteiger partial charge in [-0.05, 0) is 13.1 Å². The van der Waals surface area contributed by atoms with Crippen LogP contribution in [-0.4, -0.2) is 27.5 Å². The smallest absolute Gasteiger partial charge is 0.153 e. The number of aromatic nitrogens is 2. The van der Waals surface area contributed by atoms with Crippen molar-refractivity contribution in [2.45, 2.75) is 19.9 Å². The zero-order valence-electron chi connectivity index (χ0n) is 12.5. The highest BCUT2D eigenvalue weighted by Crippen LogP contribution is 2.31. The summed E-state index contributed by atoms with van der Waals surface area (Å²) in [6.07, 6.45) is 0. The Morgan fingerprint density at radius 2 is 1.90 bits per heavy atom. The summed E-state index contributed by atoms with van der Waals surface area (Å²) in [5.41, 5.74) is 1.74. The van der Waals surface area contributed by atoms with E-state index in [2.05, 4.69) is 16.0 Å². The summed E-state index contributed by atoms with van der Waals surface area (Å²) in [6, 6.07) is 11.8. The lowest BCUT2D eigenvalue weighted by molar-refractivity contribution is 0.255. The fraction of sp³-hybridized carbons (Fsp3) is 0.375. The van der Waals surface area contributed by atoms with Crippen LogP contribution >= 0.6 is 11.6 Å². The van der Waals surface area contributed by atoms with Crippen molar-refractivity contribution < 1.29 is 0 Å². The molecule has 2 rings (SSSR count). The van der Waals surface area contributed by atoms with Crippen molar-refractivity contribution in [2.75, 3.05) is 13.1 Å². The number of benzene rings is 1. The predicted octanol–water partition coefficient (Wildman–Crippen LogP) is 3.65. The standard InChI is InChI=1S/C16H19ClN4/c1-4-21(5-2)13(11-18)14-15(17)19-16(20(14)3)12-9-7-6-8-10-12/h6-10,13H,4-5H2,1-3H3. The van der Waals surface area contributed by atoms with Crippen molar-refractivity contribution in [3.05, 3.63) is 41.2 Å². The SMILES string of the molecule is CCN(CC)C(C#N)c1c(Cl)nc(-c2ccccc2)n1C. The molecule has 2 aromatic rings. The first-order valence-corrected chi connectivity index (χ1v) is 7.43. The Balaban J connectivity index is 2.51. The minimum Gasteiger partial charge on any atom is -0.327 e. The first-order valence-electron chi connectivity index (χ1n) is 7.05. The second kappa shape index (κ2) is 6.75. The Morgan fingerprint density at radius 1 is 1.29 bits per heavy atom. The number of nitriles is 1. The van der Waals surface area contributed by atoms with E-state index in [4.69, 9.17) is 11.6 Å². The molecule has 21 heavy (non-hydrogen) atoms. The summed E-state index contributed by atoms with van der Waals surface area (Å²) >= 11 is 6.32. The van der Waals surface area contributed by atoms with Crippen LogP contribution in [-0.2, 0) is 7.05 Å². The van der Waals surface area contributed by atoms with Crippen LogP contribution in [0.1, 0.15) is 25.6 Å². The minimum atomic E-state index is -0.387. The normalized spacial score (nSPS) is 12.4. The van der Waals surface area contributed by atoms with Crippen molar-refractivity contribution >= 4 is 11.6 Å². The van der Waals surface area contributed by atoms with Crippen LogP contribution in [0.25, 0.3) is 11.4 Å². The van der Waals surface area contributed by atoms with Gasteiger partial charge in [-0.2, -0.15) is 5.26 Å². The molecule has 4 nitrogen and oxygen atoms in total. The van der Waals surface area contributed by atoms with Crippen molar-refractivity contribution in [3.8, 4) is 17.5 Å². The Bertz CT molecular complexity index is 638. The maximum atomic E-state index is 9.55. The molecule has 0 bridgehead atoms. The molecule has 5 heteroatoms. The molecule has 1 atom stereocenters. The van der Waals surface area contributed by atoms with Crippen LogP contribution < -0.4 is 0 Å². The molecule has 0 fully saturated rings. The van der Waals surface area contributed by atoms with E-state index in [0.717, 1.165) is 30.2 Å². The highest BCUT2D eigenvalue weighted by molar-refractivity contribution is 6.30. The van der Waals surface area contributed by atoms with Crippen molar-refractivity contribution in [1.29, 1.82) is 5.26 Å². The van der Waals surface area contributed by atoms with E-state index in [1.807, 2.05) is 55.8 Å². The molecule has 0 aliphatic heterocycles. The Labute approximate surface area is 130 Å². The van der Waals surface area contributed by atoms with E-state index in [0.29, 0.717) is 5.15 Å². The number of halogens is 1. The molecule has 1 heterocycles. The maximum absolute atomic E-state index is 9.55. The van der Waals surface area contributed by atoms with Gasteiger partial charge in [0.2, 0.25) is 0 Å². The van der Waals surface area contributed by atoms with Crippen molar-refractivity contribution in [3.63, 3.8) is 0 Å². The van der Waals surface area contributed by atoms with Gasteiger partial charge in [0.15, 0.2) is 5.15 Å². The van der Waals surface area contributed by atoms with E-state index in [1.54, 1.807) is 0 Å². The van der Waals surface area contributed by atoms with Gasteiger partial charge in [-0.25, -0.2) is 4.98 Å². The lowest BCUT2D eigenvalue weighted by Gasteiger charge is -2.24. The van der Waals surface area contributed by atoms with E-state index in [-0.39, 0.29) is 6.04 Å². The molecule has 110 valence electrons. The second-order valence-electron chi connectivity index (χ2n) is 4.79. The summed E-state index contributed by atoms with van der Waals surface area (Å²) in [5.74, 6) is 0.781. The molecule has 0 spiro atoms. The molecule has 1 unspecified atom stereocenters. The molecule has 1 aromatic heterocycles. The molecule has 1 aromatic carbocycles. The first kappa shape index (κ1) is 15.6. The van der Waals surface area contributed by atoms with Crippen LogP contribution in [0.15, 0.2) is 30.3 Å². The lowest BCUT2D eigenvalue weighted by atomic mass is 10.2. The van der Waals surface area contributed by atoms with Gasteiger partial charge in [0.1, 0.15) is 11.9 Å². The van der Waals surface area contributed by atoms with E-state index >= 15 is 0 Å². The van der Waals surface area contributed by atoms with Gasteiger partial charge >= 0.3 is 0 Å². The molecular formula is C16H19ClN4. The highest BCUT2D eigenvalue weighted by Gasteiger charge is 2.26. The zero-order valence-corrected chi connectivity index (χ0v) is 13.3. The Hall–Kier alpha value is -1.83. The summed E-state index contributed by atoms with van der Waals surface area (Å²) in [5, 5.41) is 9.95. The Kier molecular flexibility index (Phi) is 5.00. The number of imidazole rings is 1. The van der Waals surface area contributed by atoms with Crippen LogP contribution in [0.4, 0.5) is 0 Å². The monoisotopic (exact) mass is 302 g/mol. The van der Waals surface area contributed by atoms with Gasteiger partial charge < -0.3 is 4.57 Å².